The fourth-order valence-corrected chi connectivity index (χ4v) is 12.9. The lowest BCUT2D eigenvalue weighted by atomic mass is 9.61. The molecule has 0 amide bonds. The van der Waals surface area contributed by atoms with Crippen LogP contribution in [0.5, 0.6) is 0 Å². The number of nitrogens with zero attached hydrogens (tertiary/aromatic N) is 4. The summed E-state index contributed by atoms with van der Waals surface area (Å²) < 4.78 is 12.5. The summed E-state index contributed by atoms with van der Waals surface area (Å²) in [6, 6.07) is 94.5. The lowest BCUT2D eigenvalue weighted by Gasteiger charge is -2.42. The molecule has 0 N–H and O–H groups in total. The van der Waals surface area contributed by atoms with Crippen molar-refractivity contribution in [3.63, 3.8) is 0 Å². The Morgan fingerprint density at radius 1 is 0.207 bits per heavy atom. The lowest BCUT2D eigenvalue weighted by Crippen LogP contribution is -2.27. The summed E-state index contributed by atoms with van der Waals surface area (Å²) in [5.74, 6) is 1.41. The fourth-order valence-electron chi connectivity index (χ4n) is 12.9. The van der Waals surface area contributed by atoms with E-state index in [1.807, 2.05) is 36.4 Å². The van der Waals surface area contributed by atoms with E-state index in [0.29, 0.717) is 11.6 Å². The summed E-state index contributed by atoms with van der Waals surface area (Å²) in [5.41, 5.74) is 25.4. The van der Waals surface area contributed by atoms with Crippen LogP contribution in [0, 0.1) is 0 Å². The number of para-hydroxylation sites is 2. The van der Waals surface area contributed by atoms with Crippen molar-refractivity contribution in [1.29, 1.82) is 0 Å². The number of benzene rings is 11. The van der Waals surface area contributed by atoms with Gasteiger partial charge >= 0.3 is 0 Å². The van der Waals surface area contributed by atoms with Crippen molar-refractivity contribution >= 4 is 43.9 Å². The molecule has 0 spiro atoms. The average Bonchev–Trinajstić information content (AvgIpc) is 1.26. The van der Waals surface area contributed by atoms with Gasteiger partial charge in [-0.15, -0.1) is 0 Å². The molecule has 382 valence electrons. The number of hydrogen-bond donors (Lipinski definition) is 0. The van der Waals surface area contributed by atoms with Gasteiger partial charge < -0.3 is 8.83 Å². The van der Waals surface area contributed by atoms with Crippen molar-refractivity contribution in [1.82, 2.24) is 19.9 Å². The number of fused-ring (bicyclic) bond motifs is 6. The summed E-state index contributed by atoms with van der Waals surface area (Å²) in [5, 5.41) is 4.50. The Morgan fingerprint density at radius 2 is 0.524 bits per heavy atom. The third kappa shape index (κ3) is 7.56. The number of furan rings is 2. The van der Waals surface area contributed by atoms with E-state index in [9.17, 15) is 0 Å². The SMILES string of the molecule is c1ccc(-c2cc(-c3ccc(-c4ccc5c(c4)oc4ccccc45)cc3)nc(-c3ccc4c(c3)C3c5ccccc5C4c4cc(-c5nc(-c6ccccc6)cc(-c6ccc(-c7ccc8c(c7)oc7ccccc78)cc6)n5)ccc43)n2)cc1. The minimum Gasteiger partial charge on any atom is -0.456 e. The van der Waals surface area contributed by atoms with Crippen molar-refractivity contribution in [3.05, 3.63) is 300 Å². The Bertz CT molecular complexity index is 4720. The zero-order valence-electron chi connectivity index (χ0n) is 44.2. The van der Waals surface area contributed by atoms with Crippen molar-refractivity contribution in [3.8, 4) is 90.1 Å². The van der Waals surface area contributed by atoms with E-state index >= 15 is 0 Å². The first-order valence-electron chi connectivity index (χ1n) is 27.9. The Morgan fingerprint density at radius 3 is 0.951 bits per heavy atom. The van der Waals surface area contributed by atoms with Crippen molar-refractivity contribution in [2.45, 2.75) is 11.8 Å². The molecule has 0 aliphatic heterocycles. The Labute approximate surface area is 472 Å². The predicted octanol–water partition coefficient (Wildman–Crippen LogP) is 19.4. The molecule has 18 rings (SSSR count). The van der Waals surface area contributed by atoms with Crippen molar-refractivity contribution < 1.29 is 8.83 Å². The first-order valence-corrected chi connectivity index (χ1v) is 27.9. The minimum absolute atomic E-state index is 0.0153. The Balaban J connectivity index is 0.726. The van der Waals surface area contributed by atoms with E-state index < -0.39 is 0 Å². The Hall–Kier alpha value is -10.8. The molecule has 6 heteroatoms. The van der Waals surface area contributed by atoms with Crippen molar-refractivity contribution in [2.24, 2.45) is 0 Å². The maximum Gasteiger partial charge on any atom is 0.160 e. The van der Waals surface area contributed by atoms with Gasteiger partial charge in [0.15, 0.2) is 11.6 Å². The largest absolute Gasteiger partial charge is 0.456 e. The van der Waals surface area contributed by atoms with Crippen LogP contribution in [-0.2, 0) is 0 Å². The molecule has 2 atom stereocenters. The van der Waals surface area contributed by atoms with Crippen LogP contribution in [0.25, 0.3) is 134 Å². The molecule has 0 radical (unpaired) electrons. The first-order chi connectivity index (χ1) is 40.6. The van der Waals surface area contributed by atoms with Crippen LogP contribution in [0.2, 0.25) is 0 Å². The quantitative estimate of drug-likeness (QED) is 0.151. The van der Waals surface area contributed by atoms with E-state index in [2.05, 4.69) is 231 Å². The summed E-state index contributed by atoms with van der Waals surface area (Å²) in [4.78, 5) is 21.3. The molecule has 3 aliphatic carbocycles. The minimum atomic E-state index is 0.0153. The molecule has 82 heavy (non-hydrogen) atoms. The molecule has 15 aromatic rings. The highest BCUT2D eigenvalue weighted by Gasteiger charge is 2.41. The van der Waals surface area contributed by atoms with Crippen LogP contribution < -0.4 is 0 Å². The highest BCUT2D eigenvalue weighted by atomic mass is 16.3. The number of aromatic nitrogens is 4. The molecule has 4 aromatic heterocycles. The van der Waals surface area contributed by atoms with Crippen LogP contribution in [0.15, 0.2) is 276 Å². The fraction of sp³-hybridized carbons (Fsp3) is 0.0263. The van der Waals surface area contributed by atoms with Gasteiger partial charge in [0, 0.05) is 66.8 Å². The topological polar surface area (TPSA) is 77.8 Å². The second-order valence-corrected chi connectivity index (χ2v) is 21.6. The average molecular weight is 1050 g/mol. The van der Waals surface area contributed by atoms with Gasteiger partial charge in [-0.05, 0) is 116 Å². The van der Waals surface area contributed by atoms with Gasteiger partial charge in [0.25, 0.3) is 0 Å². The van der Waals surface area contributed by atoms with Crippen molar-refractivity contribution in [2.75, 3.05) is 0 Å². The van der Waals surface area contributed by atoms with Crippen LogP contribution in [0.3, 0.4) is 0 Å². The monoisotopic (exact) mass is 1050 g/mol. The van der Waals surface area contributed by atoms with E-state index in [4.69, 9.17) is 28.8 Å². The summed E-state index contributed by atoms with van der Waals surface area (Å²) >= 11 is 0. The molecule has 11 aromatic carbocycles. The van der Waals surface area contributed by atoms with Gasteiger partial charge in [0.05, 0.1) is 22.8 Å². The molecule has 0 saturated heterocycles. The molecular weight excluding hydrogens is 1000 g/mol. The summed E-state index contributed by atoms with van der Waals surface area (Å²) in [6.07, 6.45) is 0. The molecule has 4 heterocycles. The maximum absolute atomic E-state index is 6.26. The van der Waals surface area contributed by atoms with Crippen LogP contribution in [0.4, 0.5) is 0 Å². The number of hydrogen-bond acceptors (Lipinski definition) is 6. The summed E-state index contributed by atoms with van der Waals surface area (Å²) in [6.45, 7) is 0. The maximum atomic E-state index is 6.26. The second-order valence-electron chi connectivity index (χ2n) is 21.6. The first kappa shape index (κ1) is 46.1. The third-order valence-corrected chi connectivity index (χ3v) is 16.9. The Kier molecular flexibility index (Phi) is 10.3. The highest BCUT2D eigenvalue weighted by molar-refractivity contribution is 6.07. The second kappa shape index (κ2) is 18.4. The molecule has 3 aliphatic rings. The molecule has 0 saturated carbocycles. The van der Waals surface area contributed by atoms with Crippen LogP contribution in [0.1, 0.15) is 45.2 Å². The normalized spacial score (nSPS) is 14.1. The third-order valence-electron chi connectivity index (χ3n) is 16.9. The van der Waals surface area contributed by atoms with Gasteiger partial charge in [-0.1, -0.05) is 206 Å². The lowest BCUT2D eigenvalue weighted by molar-refractivity contribution is 0.668. The predicted molar refractivity (Wildman–Crippen MR) is 330 cm³/mol. The van der Waals surface area contributed by atoms with Gasteiger partial charge in [-0.3, -0.25) is 0 Å². The van der Waals surface area contributed by atoms with E-state index in [1.165, 1.54) is 33.4 Å². The van der Waals surface area contributed by atoms with E-state index in [-0.39, 0.29) is 11.8 Å². The summed E-state index contributed by atoms with van der Waals surface area (Å²) in [7, 11) is 0. The van der Waals surface area contributed by atoms with Gasteiger partial charge in [0.2, 0.25) is 0 Å². The highest BCUT2D eigenvalue weighted by Crippen LogP contribution is 2.57. The van der Waals surface area contributed by atoms with Gasteiger partial charge in [0.1, 0.15) is 22.3 Å². The molecule has 6 nitrogen and oxygen atoms in total. The van der Waals surface area contributed by atoms with Crippen LogP contribution in [-0.4, -0.2) is 19.9 Å². The van der Waals surface area contributed by atoms with Crippen LogP contribution >= 0.6 is 0 Å². The molecule has 0 fully saturated rings. The molecular formula is C76H46N4O2. The molecule has 2 unspecified atom stereocenters. The van der Waals surface area contributed by atoms with E-state index in [1.54, 1.807) is 0 Å². The zero-order valence-corrected chi connectivity index (χ0v) is 44.2. The smallest absolute Gasteiger partial charge is 0.160 e. The molecule has 2 bridgehead atoms. The standard InChI is InChI=1S/C76H46N4O2/c1-3-13-47(14-4-1)65-43-67(49-27-23-45(24-28-49)51-31-35-57-55-17-9-11-21-69(55)81-71(57)41-51)79-75(77-65)53-33-37-61-63(39-53)73-59-19-7-8-20-60(59)74(61)64-40-54(34-38-62(64)73)76-78-66(48-15-5-2-6-16-48)44-68(80-76)50-29-25-46(26-30-50)52-32-36-58-56-18-10-12-22-70(56)82-72(58)42-52/h1-44,73-74H. The zero-order chi connectivity index (χ0) is 53.8. The van der Waals surface area contributed by atoms with E-state index in [0.717, 1.165) is 122 Å². The van der Waals surface area contributed by atoms with Gasteiger partial charge in [-0.25, -0.2) is 19.9 Å². The number of rotatable bonds is 8. The van der Waals surface area contributed by atoms with Gasteiger partial charge in [-0.2, -0.15) is 0 Å².